The normalized spacial score (nSPS) is 27.8. The lowest BCUT2D eigenvalue weighted by Gasteiger charge is -2.48. The molecule has 0 bridgehead atoms. The minimum absolute atomic E-state index is 0.234. The van der Waals surface area contributed by atoms with E-state index in [1.807, 2.05) is 0 Å². The molecule has 19 nitrogen and oxygen atoms in total. The van der Waals surface area contributed by atoms with Crippen LogP contribution in [-0.4, -0.2) is 193 Å². The van der Waals surface area contributed by atoms with Crippen LogP contribution in [0.5, 0.6) is 0 Å². The van der Waals surface area contributed by atoms with Gasteiger partial charge in [0.05, 0.1) is 38.6 Å². The summed E-state index contributed by atoms with van der Waals surface area (Å²) in [5, 5.41) is 121. The van der Waals surface area contributed by atoms with Crippen molar-refractivity contribution in [1.82, 2.24) is 5.32 Å². The van der Waals surface area contributed by atoms with Crippen molar-refractivity contribution >= 4 is 5.91 Å². The Hall–Kier alpha value is -1.21. The molecule has 91 heavy (non-hydrogen) atoms. The predicted molar refractivity (Wildman–Crippen MR) is 356 cm³/mol. The molecular weight excluding hydrogens is 1170 g/mol. The fraction of sp³-hybridized carbons (Fsp3) is 0.986. The van der Waals surface area contributed by atoms with Gasteiger partial charge in [-0.15, -0.1) is 0 Å². The number of aliphatic hydroxyl groups excluding tert-OH is 11. The molecule has 0 radical (unpaired) electrons. The number of ether oxygens (including phenoxy) is 6. The molecule has 17 atom stereocenters. The highest BCUT2D eigenvalue weighted by atomic mass is 16.8. The number of carbonyl (C=O) groups excluding carboxylic acids is 1. The summed E-state index contributed by atoms with van der Waals surface area (Å²) in [5.74, 6) is -0.234. The number of aliphatic hydroxyl groups is 11. The highest BCUT2D eigenvalue weighted by Gasteiger charge is 2.53. The fourth-order valence-corrected chi connectivity index (χ4v) is 13.3. The molecule has 3 heterocycles. The van der Waals surface area contributed by atoms with Gasteiger partial charge in [-0.3, -0.25) is 4.79 Å². The van der Waals surface area contributed by atoms with Gasteiger partial charge in [0.2, 0.25) is 5.91 Å². The number of unbranched alkanes of at least 4 members (excludes halogenated alkanes) is 44. The average Bonchev–Trinajstić information content (AvgIpc) is 0.867. The molecule has 0 aromatic rings. The summed E-state index contributed by atoms with van der Waals surface area (Å²) in [6, 6.07) is -0.882. The zero-order chi connectivity index (χ0) is 66.1. The van der Waals surface area contributed by atoms with Crippen molar-refractivity contribution in [3.05, 3.63) is 0 Å². The molecule has 0 aromatic carbocycles. The van der Waals surface area contributed by atoms with E-state index >= 15 is 0 Å². The van der Waals surface area contributed by atoms with E-state index in [4.69, 9.17) is 28.4 Å². The van der Waals surface area contributed by atoms with Gasteiger partial charge in [-0.2, -0.15) is 0 Å². The summed E-state index contributed by atoms with van der Waals surface area (Å²) >= 11 is 0. The van der Waals surface area contributed by atoms with Gasteiger partial charge < -0.3 is 89.9 Å². The van der Waals surface area contributed by atoms with Crippen LogP contribution in [0.15, 0.2) is 0 Å². The number of amides is 1. The standard InChI is InChI=1S/C72H139NO18/c1-3-5-7-9-11-13-15-17-19-21-23-25-26-27-28-29-30-32-34-36-38-40-42-44-46-48-50-60(78)73-55(56(77)49-47-45-43-41-39-37-35-33-31-24-22-20-18-16-14-12-10-8-6-4-2)54-86-70-66(84)63(81)68(58(52-75)88-70)91-72-67(85)64(82)69(59(53-76)89-72)90-71-65(83)62(80)61(79)57(51-74)87-71/h55-59,61-72,74-77,79-85H,3-54H2,1-2H3,(H,73,78). The Balaban J connectivity index is 1.39. The number of hydrogen-bond acceptors (Lipinski definition) is 18. The zero-order valence-electron chi connectivity index (χ0n) is 57.4. The van der Waals surface area contributed by atoms with Crippen LogP contribution in [-0.2, 0) is 33.2 Å². The van der Waals surface area contributed by atoms with Gasteiger partial charge in [-0.05, 0) is 12.8 Å². The number of nitrogens with one attached hydrogen (secondary N) is 1. The van der Waals surface area contributed by atoms with E-state index in [-0.39, 0.29) is 18.9 Å². The molecule has 17 unspecified atom stereocenters. The van der Waals surface area contributed by atoms with Crippen molar-refractivity contribution < 1.29 is 89.4 Å². The first kappa shape index (κ1) is 84.0. The first-order valence-electron chi connectivity index (χ1n) is 37.8. The zero-order valence-corrected chi connectivity index (χ0v) is 57.4. The summed E-state index contributed by atoms with van der Waals surface area (Å²) in [5.41, 5.74) is 0. The SMILES string of the molecule is CCCCCCCCCCCCCCCCCCCCCCCCCCCCC(=O)NC(COC1OC(CO)C(OC2OC(CO)C(OC3OC(CO)C(O)C(O)C3O)C(O)C2O)C(O)C1O)C(O)CCCCCCCCCCCCCCCCCCCCCC. The highest BCUT2D eigenvalue weighted by Crippen LogP contribution is 2.33. The number of carbonyl (C=O) groups is 1. The fourth-order valence-electron chi connectivity index (χ4n) is 13.3. The second-order valence-corrected chi connectivity index (χ2v) is 27.5. The first-order valence-corrected chi connectivity index (χ1v) is 37.8. The van der Waals surface area contributed by atoms with Gasteiger partial charge in [0, 0.05) is 6.42 Å². The molecule has 3 rings (SSSR count). The van der Waals surface area contributed by atoms with Crippen LogP contribution in [0.2, 0.25) is 0 Å². The molecule has 3 saturated heterocycles. The Morgan fingerprint density at radius 1 is 0.352 bits per heavy atom. The molecule has 0 aromatic heterocycles. The molecule has 540 valence electrons. The molecule has 3 aliphatic heterocycles. The Kier molecular flexibility index (Phi) is 50.6. The van der Waals surface area contributed by atoms with E-state index in [9.17, 15) is 61.0 Å². The topological polar surface area (TPSA) is 307 Å². The Morgan fingerprint density at radius 2 is 0.626 bits per heavy atom. The van der Waals surface area contributed by atoms with Crippen LogP contribution in [0.1, 0.15) is 322 Å². The summed E-state index contributed by atoms with van der Waals surface area (Å²) in [7, 11) is 0. The minimum atomic E-state index is -1.97. The molecule has 3 fully saturated rings. The lowest BCUT2D eigenvalue weighted by atomic mass is 9.96. The van der Waals surface area contributed by atoms with Gasteiger partial charge in [-0.1, -0.05) is 303 Å². The predicted octanol–water partition coefficient (Wildman–Crippen LogP) is 11.1. The lowest BCUT2D eigenvalue weighted by molar-refractivity contribution is -0.379. The number of rotatable bonds is 60. The first-order chi connectivity index (χ1) is 44.3. The van der Waals surface area contributed by atoms with Gasteiger partial charge in [0.25, 0.3) is 0 Å². The average molecular weight is 1310 g/mol. The van der Waals surface area contributed by atoms with E-state index in [0.29, 0.717) is 12.8 Å². The molecule has 19 heteroatoms. The maximum Gasteiger partial charge on any atom is 0.220 e. The van der Waals surface area contributed by atoms with Crippen molar-refractivity contribution in [3.63, 3.8) is 0 Å². The molecule has 1 amide bonds. The summed E-state index contributed by atoms with van der Waals surface area (Å²) < 4.78 is 34.5. The summed E-state index contributed by atoms with van der Waals surface area (Å²) in [6.07, 6.45) is 33.3. The third-order valence-corrected chi connectivity index (χ3v) is 19.4. The van der Waals surface area contributed by atoms with Crippen molar-refractivity contribution in [1.29, 1.82) is 0 Å². The second-order valence-electron chi connectivity index (χ2n) is 27.5. The maximum absolute atomic E-state index is 13.5. The third kappa shape index (κ3) is 36.3. The van der Waals surface area contributed by atoms with Gasteiger partial charge in [0.15, 0.2) is 18.9 Å². The summed E-state index contributed by atoms with van der Waals surface area (Å²) in [6.45, 7) is 1.86. The van der Waals surface area contributed by atoms with Crippen LogP contribution >= 0.6 is 0 Å². The molecular formula is C72H139NO18. The monoisotopic (exact) mass is 1310 g/mol. The molecule has 3 aliphatic rings. The van der Waals surface area contributed by atoms with E-state index in [0.717, 1.165) is 44.9 Å². The summed E-state index contributed by atoms with van der Waals surface area (Å²) in [4.78, 5) is 13.5. The molecule has 0 aliphatic carbocycles. The molecule has 12 N–H and O–H groups in total. The van der Waals surface area contributed by atoms with Gasteiger partial charge in [-0.25, -0.2) is 0 Å². The third-order valence-electron chi connectivity index (χ3n) is 19.4. The van der Waals surface area contributed by atoms with Crippen molar-refractivity contribution in [2.24, 2.45) is 0 Å². The Labute approximate surface area is 551 Å². The van der Waals surface area contributed by atoms with Crippen LogP contribution in [0.3, 0.4) is 0 Å². The van der Waals surface area contributed by atoms with E-state index in [1.54, 1.807) is 0 Å². The van der Waals surface area contributed by atoms with Crippen molar-refractivity contribution in [2.45, 2.75) is 426 Å². The smallest absolute Gasteiger partial charge is 0.220 e. The highest BCUT2D eigenvalue weighted by molar-refractivity contribution is 5.76. The maximum atomic E-state index is 13.5. The van der Waals surface area contributed by atoms with Crippen LogP contribution in [0.4, 0.5) is 0 Å². The van der Waals surface area contributed by atoms with Gasteiger partial charge >= 0.3 is 0 Å². The number of hydrogen-bond donors (Lipinski definition) is 12. The lowest BCUT2D eigenvalue weighted by Crippen LogP contribution is -2.66. The van der Waals surface area contributed by atoms with Gasteiger partial charge in [0.1, 0.15) is 73.2 Å². The Bertz CT molecular complexity index is 1650. The molecule has 0 spiro atoms. The van der Waals surface area contributed by atoms with Crippen molar-refractivity contribution in [2.75, 3.05) is 26.4 Å². The Morgan fingerprint density at radius 3 is 0.956 bits per heavy atom. The quantitative estimate of drug-likeness (QED) is 0.0252. The molecule has 0 saturated carbocycles. The van der Waals surface area contributed by atoms with E-state index in [1.165, 1.54) is 244 Å². The van der Waals surface area contributed by atoms with Crippen molar-refractivity contribution in [3.8, 4) is 0 Å². The minimum Gasteiger partial charge on any atom is -0.394 e. The van der Waals surface area contributed by atoms with E-state index in [2.05, 4.69) is 19.2 Å². The van der Waals surface area contributed by atoms with Crippen LogP contribution < -0.4 is 5.32 Å². The largest absolute Gasteiger partial charge is 0.394 e. The van der Waals surface area contributed by atoms with E-state index < -0.39 is 124 Å². The van der Waals surface area contributed by atoms with Crippen LogP contribution in [0, 0.1) is 0 Å². The van der Waals surface area contributed by atoms with Crippen LogP contribution in [0.25, 0.3) is 0 Å². The second kappa shape index (κ2) is 54.8.